The number of ether oxygens (including phenoxy) is 1. The number of hydrogen-bond donors (Lipinski definition) is 3. The fraction of sp³-hybridized carbons (Fsp3) is 0.258. The van der Waals surface area contributed by atoms with Crippen LogP contribution >= 0.6 is 0 Å². The van der Waals surface area contributed by atoms with E-state index in [-0.39, 0.29) is 0 Å². The van der Waals surface area contributed by atoms with Gasteiger partial charge in [0.05, 0.1) is 11.6 Å². The fourth-order valence-electron chi connectivity index (χ4n) is 5.38. The molecular formula is C31H29N3O5. The third-order valence-electron chi connectivity index (χ3n) is 7.73. The van der Waals surface area contributed by atoms with E-state index in [9.17, 15) is 14.7 Å². The fourth-order valence-corrected chi connectivity index (χ4v) is 5.38. The van der Waals surface area contributed by atoms with Crippen LogP contribution in [0, 0.1) is 0 Å². The van der Waals surface area contributed by atoms with E-state index in [2.05, 4.69) is 15.8 Å². The minimum atomic E-state index is -0.754. The van der Waals surface area contributed by atoms with E-state index < -0.39 is 23.6 Å². The molecule has 8 heteroatoms. The maximum Gasteiger partial charge on any atom is 0.412 e. The minimum Gasteiger partial charge on any atom is -0.481 e. The molecule has 6 rings (SSSR count). The number of nitrogens with zero attached hydrogens (tertiary/aromatic N) is 1. The van der Waals surface area contributed by atoms with Gasteiger partial charge in [-0.15, -0.1) is 0 Å². The zero-order valence-electron chi connectivity index (χ0n) is 21.6. The number of anilines is 2. The first-order valence-corrected chi connectivity index (χ1v) is 13.2. The lowest BCUT2D eigenvalue weighted by Crippen LogP contribution is -2.19. The molecule has 1 aliphatic carbocycles. The highest BCUT2D eigenvalue weighted by atomic mass is 16.6. The van der Waals surface area contributed by atoms with Crippen LogP contribution < -0.4 is 10.6 Å². The number of carboxylic acids is 1. The van der Waals surface area contributed by atoms with Crippen LogP contribution in [-0.4, -0.2) is 28.9 Å². The van der Waals surface area contributed by atoms with Crippen LogP contribution in [0.2, 0.25) is 0 Å². The minimum absolute atomic E-state index is 0.417. The summed E-state index contributed by atoms with van der Waals surface area (Å²) < 4.78 is 11.2. The van der Waals surface area contributed by atoms with Gasteiger partial charge in [0.1, 0.15) is 11.8 Å². The Bertz CT molecular complexity index is 1520. The zero-order chi connectivity index (χ0) is 27.0. The van der Waals surface area contributed by atoms with Gasteiger partial charge in [0, 0.05) is 17.8 Å². The molecule has 3 N–H and O–H groups in total. The van der Waals surface area contributed by atoms with Gasteiger partial charge in [0.2, 0.25) is 0 Å². The van der Waals surface area contributed by atoms with Crippen molar-refractivity contribution in [3.8, 4) is 22.5 Å². The van der Waals surface area contributed by atoms with E-state index >= 15 is 0 Å². The van der Waals surface area contributed by atoms with Crippen LogP contribution in [0.5, 0.6) is 0 Å². The molecule has 0 saturated heterocycles. The van der Waals surface area contributed by atoms with Gasteiger partial charge >= 0.3 is 12.1 Å². The Morgan fingerprint density at radius 1 is 1.05 bits per heavy atom. The summed E-state index contributed by atoms with van der Waals surface area (Å²) in [6.45, 7) is 2.64. The van der Waals surface area contributed by atoms with Crippen molar-refractivity contribution < 1.29 is 24.0 Å². The number of fused-ring (bicyclic) bond motifs is 1. The normalized spacial score (nSPS) is 15.9. The van der Waals surface area contributed by atoms with Gasteiger partial charge < -0.3 is 19.7 Å². The van der Waals surface area contributed by atoms with Crippen molar-refractivity contribution in [1.29, 1.82) is 0 Å². The predicted octanol–water partition coefficient (Wildman–Crippen LogP) is 6.79. The summed E-state index contributed by atoms with van der Waals surface area (Å²) in [5, 5.41) is 19.9. The average molecular weight is 524 g/mol. The van der Waals surface area contributed by atoms with E-state index in [1.165, 1.54) is 6.20 Å². The number of amides is 1. The number of benzene rings is 3. The number of rotatable bonds is 7. The SMILES string of the molecule is CC(OC(=O)Nc1cnoc1-c1ccc(-c2ccc(C3(C(=O)O)CC3)cc2)c2c1NCCC2)c1ccccc1. The highest BCUT2D eigenvalue weighted by Crippen LogP contribution is 2.49. The molecule has 2 aliphatic rings. The molecule has 0 bridgehead atoms. The first-order chi connectivity index (χ1) is 19.0. The van der Waals surface area contributed by atoms with E-state index in [4.69, 9.17) is 9.26 Å². The van der Waals surface area contributed by atoms with Gasteiger partial charge in [-0.1, -0.05) is 65.8 Å². The molecule has 2 heterocycles. The molecule has 4 aromatic rings. The van der Waals surface area contributed by atoms with Gasteiger partial charge in [-0.2, -0.15) is 0 Å². The van der Waals surface area contributed by atoms with Crippen molar-refractivity contribution in [2.75, 3.05) is 17.2 Å². The molecule has 198 valence electrons. The highest BCUT2D eigenvalue weighted by Gasteiger charge is 2.51. The quantitative estimate of drug-likeness (QED) is 0.244. The van der Waals surface area contributed by atoms with Gasteiger partial charge in [0.25, 0.3) is 0 Å². The summed E-state index contributed by atoms with van der Waals surface area (Å²) in [4.78, 5) is 24.4. The van der Waals surface area contributed by atoms with Crippen LogP contribution in [0.1, 0.15) is 49.0 Å². The molecule has 1 atom stereocenters. The summed E-state index contributed by atoms with van der Waals surface area (Å²) >= 11 is 0. The van der Waals surface area contributed by atoms with Gasteiger partial charge in [-0.05, 0) is 66.5 Å². The molecule has 1 saturated carbocycles. The van der Waals surface area contributed by atoms with E-state index in [0.29, 0.717) is 24.3 Å². The Morgan fingerprint density at radius 2 is 1.79 bits per heavy atom. The Labute approximate surface area is 226 Å². The van der Waals surface area contributed by atoms with Crippen molar-refractivity contribution in [2.24, 2.45) is 0 Å². The third kappa shape index (κ3) is 4.63. The molecule has 1 fully saturated rings. The Hall–Kier alpha value is -4.59. The molecule has 1 unspecified atom stereocenters. The van der Waals surface area contributed by atoms with Gasteiger partial charge in [-0.3, -0.25) is 10.1 Å². The molecular weight excluding hydrogens is 494 g/mol. The molecule has 0 radical (unpaired) electrons. The van der Waals surface area contributed by atoms with Crippen molar-refractivity contribution in [3.63, 3.8) is 0 Å². The molecule has 8 nitrogen and oxygen atoms in total. The molecule has 1 aliphatic heterocycles. The first-order valence-electron chi connectivity index (χ1n) is 13.2. The number of nitrogens with one attached hydrogen (secondary N) is 2. The second-order valence-corrected chi connectivity index (χ2v) is 10.2. The van der Waals surface area contributed by atoms with Crippen LogP contribution in [0.25, 0.3) is 22.5 Å². The Morgan fingerprint density at radius 3 is 2.51 bits per heavy atom. The number of aromatic nitrogens is 1. The topological polar surface area (TPSA) is 114 Å². The second kappa shape index (κ2) is 9.94. The Balaban J connectivity index is 1.27. The van der Waals surface area contributed by atoms with E-state index in [0.717, 1.165) is 58.5 Å². The van der Waals surface area contributed by atoms with Crippen molar-refractivity contribution in [2.45, 2.75) is 44.1 Å². The number of hydrogen-bond acceptors (Lipinski definition) is 6. The van der Waals surface area contributed by atoms with E-state index in [1.54, 1.807) is 0 Å². The lowest BCUT2D eigenvalue weighted by molar-refractivity contribution is -0.140. The number of carboxylic acid groups (broad SMARTS) is 1. The molecule has 39 heavy (non-hydrogen) atoms. The lowest BCUT2D eigenvalue weighted by atomic mass is 9.88. The molecule has 1 aromatic heterocycles. The lowest BCUT2D eigenvalue weighted by Gasteiger charge is -2.24. The maximum atomic E-state index is 12.7. The number of carbonyl (C=O) groups is 2. The molecule has 1 amide bonds. The summed E-state index contributed by atoms with van der Waals surface area (Å²) in [6, 6.07) is 21.4. The Kier molecular flexibility index (Phi) is 6.30. The smallest absolute Gasteiger partial charge is 0.412 e. The van der Waals surface area contributed by atoms with Crippen molar-refractivity contribution in [3.05, 3.63) is 89.6 Å². The summed E-state index contributed by atoms with van der Waals surface area (Å²) in [7, 11) is 0. The van der Waals surface area contributed by atoms with Crippen LogP contribution in [0.3, 0.4) is 0 Å². The van der Waals surface area contributed by atoms with Gasteiger partial charge in [0.15, 0.2) is 5.76 Å². The molecule has 0 spiro atoms. The largest absolute Gasteiger partial charge is 0.481 e. The number of carbonyl (C=O) groups excluding carboxylic acids is 1. The second-order valence-electron chi connectivity index (χ2n) is 10.2. The molecule has 3 aromatic carbocycles. The summed E-state index contributed by atoms with van der Waals surface area (Å²) in [5.74, 6) is -0.306. The van der Waals surface area contributed by atoms with Crippen LogP contribution in [0.15, 0.2) is 77.4 Å². The summed E-state index contributed by atoms with van der Waals surface area (Å²) in [5.41, 5.74) is 6.46. The van der Waals surface area contributed by atoms with Crippen molar-refractivity contribution >= 4 is 23.4 Å². The highest BCUT2D eigenvalue weighted by molar-refractivity contribution is 5.94. The van der Waals surface area contributed by atoms with Crippen LogP contribution in [-0.2, 0) is 21.4 Å². The first kappa shape index (κ1) is 24.7. The predicted molar refractivity (Wildman–Crippen MR) is 148 cm³/mol. The summed E-state index contributed by atoms with van der Waals surface area (Å²) in [6.07, 6.45) is 3.68. The average Bonchev–Trinajstić information content (AvgIpc) is 3.66. The zero-order valence-corrected chi connectivity index (χ0v) is 21.6. The monoisotopic (exact) mass is 523 g/mol. The van der Waals surface area contributed by atoms with Crippen LogP contribution in [0.4, 0.5) is 16.2 Å². The van der Waals surface area contributed by atoms with E-state index in [1.807, 2.05) is 73.7 Å². The standard InChI is InChI=1S/C31H29N3O5/c1-19(20-6-3-2-4-7-20)38-30(37)34-26-18-33-39-28(26)25-14-13-23(24-8-5-17-32-27(24)25)21-9-11-22(12-10-21)31(15-16-31)29(35)36/h2-4,6-7,9-14,18-19,32H,5,8,15-17H2,1H3,(H,34,37)(H,35,36). The maximum absolute atomic E-state index is 12.7. The third-order valence-corrected chi connectivity index (χ3v) is 7.73. The van der Waals surface area contributed by atoms with Gasteiger partial charge in [-0.25, -0.2) is 4.79 Å². The number of aliphatic carboxylic acids is 1. The van der Waals surface area contributed by atoms with Crippen molar-refractivity contribution in [1.82, 2.24) is 5.16 Å².